The lowest BCUT2D eigenvalue weighted by molar-refractivity contribution is 0.161. The second kappa shape index (κ2) is 10.8. The molecule has 4 heterocycles. The van der Waals surface area contributed by atoms with Gasteiger partial charge in [0.2, 0.25) is 0 Å². The number of hydrogen-bond donors (Lipinski definition) is 1. The van der Waals surface area contributed by atoms with Crippen LogP contribution in [0.4, 0.5) is 20.2 Å². The number of benzene rings is 2. The summed E-state index contributed by atoms with van der Waals surface area (Å²) in [5, 5.41) is 9.23. The number of nitrogens with zero attached hydrogens (tertiary/aromatic N) is 6. The van der Waals surface area contributed by atoms with E-state index in [4.69, 9.17) is 15.5 Å². The van der Waals surface area contributed by atoms with Crippen LogP contribution in [0.5, 0.6) is 0 Å². The van der Waals surface area contributed by atoms with Crippen molar-refractivity contribution in [3.8, 4) is 23.1 Å². The average Bonchev–Trinajstić information content (AvgIpc) is 3.58. The van der Waals surface area contributed by atoms with Crippen LogP contribution in [0.2, 0.25) is 0 Å². The minimum Gasteiger partial charge on any atom is -0.384 e. The molecule has 2 aliphatic heterocycles. The van der Waals surface area contributed by atoms with Gasteiger partial charge in [-0.05, 0) is 61.7 Å². The lowest BCUT2D eigenvalue weighted by Gasteiger charge is -2.32. The Bertz CT molecular complexity index is 1600. The van der Waals surface area contributed by atoms with Crippen molar-refractivity contribution in [1.29, 1.82) is 5.26 Å². The van der Waals surface area contributed by atoms with Gasteiger partial charge in [0.05, 0.1) is 23.5 Å². The van der Waals surface area contributed by atoms with Gasteiger partial charge in [-0.2, -0.15) is 5.26 Å². The van der Waals surface area contributed by atoms with Gasteiger partial charge in [0, 0.05) is 62.7 Å². The topological polar surface area (TPSA) is 96.2 Å². The maximum Gasteiger partial charge on any atom is 0.167 e. The third-order valence-corrected chi connectivity index (χ3v) is 7.90. The van der Waals surface area contributed by atoms with Crippen LogP contribution in [0.3, 0.4) is 0 Å². The molecule has 0 bridgehead atoms. The molecule has 2 aromatic heterocycles. The van der Waals surface area contributed by atoms with Crippen LogP contribution in [0.25, 0.3) is 28.2 Å². The Morgan fingerprint density at radius 1 is 1.02 bits per heavy atom. The molecule has 206 valence electrons. The minimum absolute atomic E-state index is 0.0465. The van der Waals surface area contributed by atoms with E-state index < -0.39 is 11.6 Å². The number of halogens is 2. The quantitative estimate of drug-likeness (QED) is 0.379. The smallest absolute Gasteiger partial charge is 0.167 e. The monoisotopic (exact) mass is 543 g/mol. The molecule has 2 saturated heterocycles. The maximum atomic E-state index is 16.0. The highest BCUT2D eigenvalue weighted by Crippen LogP contribution is 2.36. The Hall–Kier alpha value is -4.07. The van der Waals surface area contributed by atoms with Crippen LogP contribution >= 0.6 is 0 Å². The summed E-state index contributed by atoms with van der Waals surface area (Å²) in [5.41, 5.74) is 9.58. The molecule has 0 unspecified atom stereocenters. The van der Waals surface area contributed by atoms with Crippen molar-refractivity contribution in [1.82, 2.24) is 14.5 Å². The summed E-state index contributed by atoms with van der Waals surface area (Å²) >= 11 is 0. The fraction of sp³-hybridized carbons (Fsp3) is 0.367. The number of imidazole rings is 1. The molecule has 6 rings (SSSR count). The predicted octanol–water partition coefficient (Wildman–Crippen LogP) is 4.64. The third-order valence-electron chi connectivity index (χ3n) is 7.90. The zero-order chi connectivity index (χ0) is 27.8. The molecule has 0 amide bonds. The third kappa shape index (κ3) is 4.76. The van der Waals surface area contributed by atoms with Crippen molar-refractivity contribution in [3.63, 3.8) is 0 Å². The molecule has 8 nitrogen and oxygen atoms in total. The van der Waals surface area contributed by atoms with E-state index in [2.05, 4.69) is 14.8 Å². The largest absolute Gasteiger partial charge is 0.384 e. The first-order valence-corrected chi connectivity index (χ1v) is 13.6. The first kappa shape index (κ1) is 26.2. The normalized spacial score (nSPS) is 19.4. The van der Waals surface area contributed by atoms with Crippen LogP contribution in [0.1, 0.15) is 24.8 Å². The zero-order valence-electron chi connectivity index (χ0n) is 22.4. The van der Waals surface area contributed by atoms with Gasteiger partial charge >= 0.3 is 0 Å². The number of rotatable bonds is 6. The van der Waals surface area contributed by atoms with Crippen molar-refractivity contribution in [3.05, 3.63) is 65.9 Å². The van der Waals surface area contributed by atoms with E-state index in [-0.39, 0.29) is 17.3 Å². The zero-order valence-corrected chi connectivity index (χ0v) is 22.4. The number of methoxy groups -OCH3 is 1. The molecule has 0 radical (unpaired) electrons. The van der Waals surface area contributed by atoms with E-state index >= 15 is 4.39 Å². The van der Waals surface area contributed by atoms with E-state index in [9.17, 15) is 9.65 Å². The molecule has 0 aliphatic carbocycles. The van der Waals surface area contributed by atoms with Crippen LogP contribution < -0.4 is 15.5 Å². The number of nitriles is 1. The molecule has 40 heavy (non-hydrogen) atoms. The summed E-state index contributed by atoms with van der Waals surface area (Å²) in [6.07, 6.45) is 4.59. The van der Waals surface area contributed by atoms with Crippen LogP contribution in [-0.4, -0.2) is 60.5 Å². The highest BCUT2D eigenvalue weighted by molar-refractivity contribution is 5.90. The van der Waals surface area contributed by atoms with Gasteiger partial charge in [-0.3, -0.25) is 4.57 Å². The van der Waals surface area contributed by atoms with Crippen molar-refractivity contribution >= 4 is 22.5 Å². The number of aromatic nitrogens is 3. The molecule has 0 saturated carbocycles. The molecule has 4 aromatic rings. The highest BCUT2D eigenvalue weighted by Gasteiger charge is 2.27. The van der Waals surface area contributed by atoms with E-state index in [0.29, 0.717) is 41.6 Å². The standard InChI is InChI=1S/C30H31F2N7O/c1-40-18-19-9-12-37(16-19)23-6-7-26(25(32)14-23)39-29(20-4-5-21(15-33)24(31)13-20)36-28-27(8-10-35-30(28)39)38-11-2-3-22(34)17-38/h4-8,10,13-14,19,22H,2-3,9,11-12,16-18,34H2,1H3/t19-,22+/m0/s1. The number of anilines is 2. The van der Waals surface area contributed by atoms with Crippen LogP contribution in [-0.2, 0) is 4.74 Å². The highest BCUT2D eigenvalue weighted by atomic mass is 19.1. The Labute approximate surface area is 231 Å². The summed E-state index contributed by atoms with van der Waals surface area (Å²) in [6, 6.07) is 13.3. The van der Waals surface area contributed by atoms with Crippen molar-refractivity contribution in [2.24, 2.45) is 11.7 Å². The SMILES string of the molecule is COC[C@H]1CCN(c2ccc(-n3c(-c4ccc(C#N)c(F)c4)nc4c(N5CCC[C@@H](N)C5)ccnc43)c(F)c2)C1. The Kier molecular flexibility index (Phi) is 7.09. The molecule has 2 fully saturated rings. The van der Waals surface area contributed by atoms with E-state index in [1.165, 1.54) is 18.2 Å². The van der Waals surface area contributed by atoms with E-state index in [0.717, 1.165) is 50.3 Å². The number of piperidine rings is 1. The van der Waals surface area contributed by atoms with Gasteiger partial charge < -0.3 is 20.3 Å². The molecular formula is C30H31F2N7O. The number of ether oxygens (including phenoxy) is 1. The Morgan fingerprint density at radius 2 is 1.90 bits per heavy atom. The Balaban J connectivity index is 1.49. The van der Waals surface area contributed by atoms with Crippen molar-refractivity contribution < 1.29 is 13.5 Å². The van der Waals surface area contributed by atoms with Gasteiger partial charge in [-0.15, -0.1) is 0 Å². The fourth-order valence-corrected chi connectivity index (χ4v) is 5.92. The second-order valence-corrected chi connectivity index (χ2v) is 10.6. The second-order valence-electron chi connectivity index (χ2n) is 10.6. The lowest BCUT2D eigenvalue weighted by atomic mass is 10.1. The van der Waals surface area contributed by atoms with E-state index in [1.807, 2.05) is 18.2 Å². The maximum absolute atomic E-state index is 16.0. The summed E-state index contributed by atoms with van der Waals surface area (Å²) in [7, 11) is 1.70. The molecule has 2 aromatic carbocycles. The number of fused-ring (bicyclic) bond motifs is 1. The molecular weight excluding hydrogens is 512 g/mol. The predicted molar refractivity (Wildman–Crippen MR) is 151 cm³/mol. The van der Waals surface area contributed by atoms with Crippen molar-refractivity contribution in [2.75, 3.05) is 49.7 Å². The molecule has 0 spiro atoms. The van der Waals surface area contributed by atoms with Crippen LogP contribution in [0, 0.1) is 28.9 Å². The lowest BCUT2D eigenvalue weighted by Crippen LogP contribution is -2.42. The minimum atomic E-state index is -0.663. The van der Waals surface area contributed by atoms with Gasteiger partial charge in [-0.25, -0.2) is 18.7 Å². The van der Waals surface area contributed by atoms with Crippen molar-refractivity contribution in [2.45, 2.75) is 25.3 Å². The first-order valence-electron chi connectivity index (χ1n) is 13.6. The summed E-state index contributed by atoms with van der Waals surface area (Å²) in [5.74, 6) is -0.347. The molecule has 2 aliphatic rings. The number of hydrogen-bond acceptors (Lipinski definition) is 7. The summed E-state index contributed by atoms with van der Waals surface area (Å²) < 4.78 is 37.7. The average molecular weight is 544 g/mol. The number of nitrogens with two attached hydrogens (primary N) is 1. The van der Waals surface area contributed by atoms with E-state index in [1.54, 1.807) is 30.0 Å². The van der Waals surface area contributed by atoms with Crippen LogP contribution in [0.15, 0.2) is 48.7 Å². The van der Waals surface area contributed by atoms with Gasteiger partial charge in [0.15, 0.2) is 5.65 Å². The molecule has 10 heteroatoms. The number of pyridine rings is 1. The first-order chi connectivity index (χ1) is 19.5. The molecule has 2 atom stereocenters. The fourth-order valence-electron chi connectivity index (χ4n) is 5.92. The van der Waals surface area contributed by atoms with Gasteiger partial charge in [0.25, 0.3) is 0 Å². The molecule has 2 N–H and O–H groups in total. The Morgan fingerprint density at radius 3 is 2.65 bits per heavy atom. The summed E-state index contributed by atoms with van der Waals surface area (Å²) in [4.78, 5) is 13.9. The summed E-state index contributed by atoms with van der Waals surface area (Å²) in [6.45, 7) is 3.82. The van der Waals surface area contributed by atoms with Gasteiger partial charge in [-0.1, -0.05) is 0 Å². The van der Waals surface area contributed by atoms with Gasteiger partial charge in [0.1, 0.15) is 29.0 Å².